The number of hydrogen-bond donors (Lipinski definition) is 0. The van der Waals surface area contributed by atoms with Gasteiger partial charge in [-0.2, -0.15) is 0 Å². The second-order valence-electron chi connectivity index (χ2n) is 6.78. The van der Waals surface area contributed by atoms with Gasteiger partial charge in [0.05, 0.1) is 5.57 Å². The van der Waals surface area contributed by atoms with Gasteiger partial charge in [0.1, 0.15) is 0 Å². The number of ketones is 1. The van der Waals surface area contributed by atoms with E-state index in [1.165, 1.54) is 30.0 Å². The minimum Gasteiger partial charge on any atom is -0.450 e. The van der Waals surface area contributed by atoms with E-state index in [2.05, 4.69) is 0 Å². The van der Waals surface area contributed by atoms with Gasteiger partial charge in [0.15, 0.2) is 12.4 Å². The number of fused-ring (bicyclic) bond motifs is 1. The molecule has 3 rings (SSSR count). The summed E-state index contributed by atoms with van der Waals surface area (Å²) in [6.45, 7) is 2.71. The second kappa shape index (κ2) is 10.3. The minimum atomic E-state index is -1.07. The summed E-state index contributed by atoms with van der Waals surface area (Å²) in [5.74, 6) is -2.20. The molecule has 0 aromatic heterocycles. The van der Waals surface area contributed by atoms with Crippen LogP contribution in [0.15, 0.2) is 63.4 Å². The predicted molar refractivity (Wildman–Crippen MR) is 113 cm³/mol. The van der Waals surface area contributed by atoms with Gasteiger partial charge in [0.25, 0.3) is 0 Å². The molecule has 0 amide bonds. The van der Waals surface area contributed by atoms with Crippen LogP contribution in [0.1, 0.15) is 32.3 Å². The van der Waals surface area contributed by atoms with E-state index in [-0.39, 0.29) is 24.2 Å². The standard InChI is InChI=1S/C23H22O7S/c1-3-7-19(25)29-21(4-2)30-20(26)13-28-23(27)15-10-11-17(24)16-12-14-8-5-6-9-18(14)31-22(15)16/h3,5-10,21H,4,11-13H2,1-2H3/b7-3+. The Labute approximate surface area is 184 Å². The smallest absolute Gasteiger partial charge is 0.347 e. The van der Waals surface area contributed by atoms with Crippen LogP contribution in [0.2, 0.25) is 0 Å². The van der Waals surface area contributed by atoms with Gasteiger partial charge in [-0.15, -0.1) is 0 Å². The van der Waals surface area contributed by atoms with Crippen molar-refractivity contribution in [2.45, 2.75) is 44.3 Å². The lowest BCUT2D eigenvalue weighted by molar-refractivity contribution is -0.189. The van der Waals surface area contributed by atoms with Gasteiger partial charge in [-0.25, -0.2) is 14.4 Å². The highest BCUT2D eigenvalue weighted by atomic mass is 32.2. The molecule has 162 valence electrons. The summed E-state index contributed by atoms with van der Waals surface area (Å²) in [5, 5.41) is 0. The Bertz CT molecular complexity index is 1000. The van der Waals surface area contributed by atoms with Crippen molar-refractivity contribution in [1.29, 1.82) is 0 Å². The third kappa shape index (κ3) is 5.52. The molecule has 2 aliphatic rings. The van der Waals surface area contributed by atoms with Crippen LogP contribution in [-0.4, -0.2) is 36.6 Å². The maximum atomic E-state index is 12.6. The van der Waals surface area contributed by atoms with Crippen LogP contribution in [0.3, 0.4) is 0 Å². The highest BCUT2D eigenvalue weighted by molar-refractivity contribution is 8.03. The molecule has 0 spiro atoms. The Morgan fingerprint density at radius 1 is 1.19 bits per heavy atom. The Morgan fingerprint density at radius 2 is 1.97 bits per heavy atom. The Kier molecular flexibility index (Phi) is 7.46. The maximum Gasteiger partial charge on any atom is 0.347 e. The van der Waals surface area contributed by atoms with E-state index in [0.29, 0.717) is 16.9 Å². The third-order valence-corrected chi connectivity index (χ3v) is 5.87. The molecule has 8 heteroatoms. The Hall–Kier alpha value is -3.13. The first-order chi connectivity index (χ1) is 14.9. The van der Waals surface area contributed by atoms with Gasteiger partial charge in [-0.05, 0) is 18.6 Å². The quantitative estimate of drug-likeness (QED) is 0.360. The summed E-state index contributed by atoms with van der Waals surface area (Å²) in [6.07, 6.45) is 3.99. The minimum absolute atomic E-state index is 0.0262. The van der Waals surface area contributed by atoms with Crippen molar-refractivity contribution in [1.82, 2.24) is 0 Å². The van der Waals surface area contributed by atoms with Crippen LogP contribution in [0.25, 0.3) is 0 Å². The van der Waals surface area contributed by atoms with E-state index in [1.54, 1.807) is 13.8 Å². The summed E-state index contributed by atoms with van der Waals surface area (Å²) < 4.78 is 15.1. The van der Waals surface area contributed by atoms with Gasteiger partial charge in [0.2, 0.25) is 6.29 Å². The molecule has 0 bridgehead atoms. The van der Waals surface area contributed by atoms with Gasteiger partial charge in [-0.1, -0.05) is 49.0 Å². The summed E-state index contributed by atoms with van der Waals surface area (Å²) in [5.41, 5.74) is 1.90. The molecule has 0 radical (unpaired) electrons. The molecule has 1 atom stereocenters. The highest BCUT2D eigenvalue weighted by Crippen LogP contribution is 2.44. The molecule has 0 N–H and O–H groups in total. The SMILES string of the molecule is C/C=C/C(=O)OC(CC)OC(=O)COC(=O)C1=CCC(=O)C2=C1Sc1ccccc1C2. The van der Waals surface area contributed by atoms with Crippen molar-refractivity contribution in [3.8, 4) is 0 Å². The average Bonchev–Trinajstić information content (AvgIpc) is 2.76. The summed E-state index contributed by atoms with van der Waals surface area (Å²) in [4.78, 5) is 50.1. The number of ether oxygens (including phenoxy) is 3. The zero-order valence-corrected chi connectivity index (χ0v) is 18.0. The number of benzene rings is 1. The first kappa shape index (κ1) is 22.6. The number of thioether (sulfide) groups is 1. The van der Waals surface area contributed by atoms with Crippen LogP contribution in [0.4, 0.5) is 0 Å². The lowest BCUT2D eigenvalue weighted by Gasteiger charge is -2.25. The largest absolute Gasteiger partial charge is 0.450 e. The molecule has 1 aromatic carbocycles. The number of carbonyl (C=O) groups excluding carboxylic acids is 4. The van der Waals surface area contributed by atoms with Crippen molar-refractivity contribution >= 4 is 35.5 Å². The predicted octanol–water partition coefficient (Wildman–Crippen LogP) is 3.43. The van der Waals surface area contributed by atoms with E-state index >= 15 is 0 Å². The maximum absolute atomic E-state index is 12.6. The zero-order chi connectivity index (χ0) is 22.4. The van der Waals surface area contributed by atoms with Gasteiger partial charge >= 0.3 is 17.9 Å². The van der Waals surface area contributed by atoms with Gasteiger partial charge in [-0.3, -0.25) is 4.79 Å². The van der Waals surface area contributed by atoms with Crippen molar-refractivity contribution < 1.29 is 33.4 Å². The molecule has 1 aliphatic heterocycles. The molecule has 1 unspecified atom stereocenters. The molecule has 31 heavy (non-hydrogen) atoms. The fourth-order valence-corrected chi connectivity index (χ4v) is 4.32. The van der Waals surface area contributed by atoms with E-state index in [0.717, 1.165) is 10.5 Å². The molecule has 7 nitrogen and oxygen atoms in total. The summed E-state index contributed by atoms with van der Waals surface area (Å²) >= 11 is 1.35. The molecular formula is C23H22O7S. The van der Waals surface area contributed by atoms with Crippen LogP contribution in [0.5, 0.6) is 0 Å². The number of Topliss-reactive ketones (excluding diaryl/α,β-unsaturated/α-hetero) is 1. The lowest BCUT2D eigenvalue weighted by atomic mass is 9.92. The molecule has 0 fully saturated rings. The number of rotatable bonds is 7. The van der Waals surface area contributed by atoms with Crippen molar-refractivity contribution in [2.24, 2.45) is 0 Å². The third-order valence-electron chi connectivity index (χ3n) is 4.59. The Balaban J connectivity index is 1.61. The normalized spacial score (nSPS) is 16.2. The number of carbonyl (C=O) groups is 4. The number of hydrogen-bond acceptors (Lipinski definition) is 8. The van der Waals surface area contributed by atoms with Crippen molar-refractivity contribution in [3.05, 3.63) is 64.1 Å². The van der Waals surface area contributed by atoms with E-state index in [4.69, 9.17) is 14.2 Å². The molecular weight excluding hydrogens is 420 g/mol. The van der Waals surface area contributed by atoms with E-state index in [1.807, 2.05) is 24.3 Å². The monoisotopic (exact) mass is 442 g/mol. The first-order valence-corrected chi connectivity index (χ1v) is 10.7. The summed E-state index contributed by atoms with van der Waals surface area (Å²) in [6, 6.07) is 7.70. The van der Waals surface area contributed by atoms with Crippen molar-refractivity contribution in [2.75, 3.05) is 6.61 Å². The topological polar surface area (TPSA) is 96.0 Å². The molecule has 0 saturated heterocycles. The highest BCUT2D eigenvalue weighted by Gasteiger charge is 2.32. The van der Waals surface area contributed by atoms with Gasteiger partial charge in [0, 0.05) is 40.7 Å². The van der Waals surface area contributed by atoms with Crippen molar-refractivity contribution in [3.63, 3.8) is 0 Å². The first-order valence-electron chi connectivity index (χ1n) is 9.85. The number of allylic oxidation sites excluding steroid dienone is 3. The van der Waals surface area contributed by atoms with Crippen LogP contribution >= 0.6 is 11.8 Å². The van der Waals surface area contributed by atoms with Crippen LogP contribution in [0, 0.1) is 0 Å². The molecule has 1 heterocycles. The zero-order valence-electron chi connectivity index (χ0n) is 17.2. The van der Waals surface area contributed by atoms with E-state index < -0.39 is 30.8 Å². The fraction of sp³-hybridized carbons (Fsp3) is 0.304. The van der Waals surface area contributed by atoms with Gasteiger partial charge < -0.3 is 14.2 Å². The molecule has 1 aromatic rings. The summed E-state index contributed by atoms with van der Waals surface area (Å²) in [7, 11) is 0. The molecule has 0 saturated carbocycles. The molecule has 1 aliphatic carbocycles. The second-order valence-corrected chi connectivity index (χ2v) is 7.83. The number of esters is 3. The Morgan fingerprint density at radius 3 is 2.71 bits per heavy atom. The average molecular weight is 442 g/mol. The van der Waals surface area contributed by atoms with E-state index in [9.17, 15) is 19.2 Å². The lowest BCUT2D eigenvalue weighted by Crippen LogP contribution is -2.27. The van der Waals surface area contributed by atoms with Crippen LogP contribution in [-0.2, 0) is 39.8 Å². The van der Waals surface area contributed by atoms with Crippen LogP contribution < -0.4 is 0 Å². The fourth-order valence-electron chi connectivity index (χ4n) is 3.10.